The van der Waals surface area contributed by atoms with Crippen LogP contribution in [0.2, 0.25) is 0 Å². The van der Waals surface area contributed by atoms with Gasteiger partial charge < -0.3 is 4.79 Å². The summed E-state index contributed by atoms with van der Waals surface area (Å²) in [5, 5.41) is 0. The van der Waals surface area contributed by atoms with Crippen molar-refractivity contribution in [1.82, 2.24) is 0 Å². The number of carbonyl (C=O) groups excluding carboxylic acids is 1. The molecular formula is C24H36O. The number of fused-ring (bicyclic) bond motifs is 1. The van der Waals surface area contributed by atoms with E-state index in [-0.39, 0.29) is 5.92 Å². The third-order valence-corrected chi connectivity index (χ3v) is 7.72. The van der Waals surface area contributed by atoms with Crippen LogP contribution in [0.3, 0.4) is 0 Å². The van der Waals surface area contributed by atoms with Gasteiger partial charge in [-0.05, 0) is 85.2 Å². The number of allylic oxidation sites excluding steroid dienone is 5. The Labute approximate surface area is 154 Å². The smallest absolute Gasteiger partial charge is 0.123 e. The van der Waals surface area contributed by atoms with Crippen molar-refractivity contribution in [2.24, 2.45) is 35.0 Å². The van der Waals surface area contributed by atoms with E-state index in [4.69, 9.17) is 0 Å². The van der Waals surface area contributed by atoms with Gasteiger partial charge in [0.25, 0.3) is 0 Å². The molecule has 3 aliphatic rings. The van der Waals surface area contributed by atoms with Crippen LogP contribution in [0.25, 0.3) is 0 Å². The first-order valence-electron chi connectivity index (χ1n) is 10.4. The average molecular weight is 341 g/mol. The lowest BCUT2D eigenvalue weighted by atomic mass is 9.61. The summed E-state index contributed by atoms with van der Waals surface area (Å²) in [6.07, 6.45) is 14.8. The lowest BCUT2D eigenvalue weighted by molar-refractivity contribution is -0.113. The minimum Gasteiger partial charge on any atom is -0.303 e. The highest BCUT2D eigenvalue weighted by Crippen LogP contribution is 2.59. The van der Waals surface area contributed by atoms with Gasteiger partial charge in [0.2, 0.25) is 0 Å². The fraction of sp³-hybridized carbons (Fsp3) is 0.708. The number of hydrogen-bond acceptors (Lipinski definition) is 1. The van der Waals surface area contributed by atoms with Crippen molar-refractivity contribution < 1.29 is 4.79 Å². The Morgan fingerprint density at radius 1 is 1.24 bits per heavy atom. The van der Waals surface area contributed by atoms with E-state index < -0.39 is 0 Å². The van der Waals surface area contributed by atoms with Crippen LogP contribution in [0.5, 0.6) is 0 Å². The molecule has 0 radical (unpaired) electrons. The quantitative estimate of drug-likeness (QED) is 0.535. The molecule has 0 bridgehead atoms. The molecule has 0 saturated heterocycles. The molecule has 0 aromatic rings. The fourth-order valence-electron chi connectivity index (χ4n) is 6.27. The van der Waals surface area contributed by atoms with Gasteiger partial charge in [0.15, 0.2) is 0 Å². The molecule has 1 nitrogen and oxygen atoms in total. The Bertz CT molecular complexity index is 595. The van der Waals surface area contributed by atoms with Crippen LogP contribution in [-0.4, -0.2) is 6.29 Å². The first-order chi connectivity index (χ1) is 11.9. The minimum absolute atomic E-state index is 0.201. The summed E-state index contributed by atoms with van der Waals surface area (Å²) in [5.41, 5.74) is 4.79. The van der Waals surface area contributed by atoms with E-state index in [1.807, 2.05) is 0 Å². The second-order valence-electron chi connectivity index (χ2n) is 9.50. The summed E-state index contributed by atoms with van der Waals surface area (Å²) in [7, 11) is 0. The summed E-state index contributed by atoms with van der Waals surface area (Å²) < 4.78 is 0. The van der Waals surface area contributed by atoms with Gasteiger partial charge in [-0.2, -0.15) is 0 Å². The first-order valence-corrected chi connectivity index (χ1v) is 10.4. The van der Waals surface area contributed by atoms with Crippen molar-refractivity contribution in [3.63, 3.8) is 0 Å². The second-order valence-corrected chi connectivity index (χ2v) is 9.50. The van der Waals surface area contributed by atoms with E-state index in [2.05, 4.69) is 46.4 Å². The van der Waals surface area contributed by atoms with Crippen molar-refractivity contribution in [3.8, 4) is 0 Å². The van der Waals surface area contributed by atoms with E-state index in [0.717, 1.165) is 5.92 Å². The molecule has 0 aliphatic heterocycles. The zero-order valence-electron chi connectivity index (χ0n) is 16.7. The molecule has 0 unspecified atom stereocenters. The Morgan fingerprint density at radius 3 is 2.72 bits per heavy atom. The van der Waals surface area contributed by atoms with Crippen LogP contribution in [0.15, 0.2) is 35.5 Å². The van der Waals surface area contributed by atoms with E-state index in [9.17, 15) is 4.79 Å². The largest absolute Gasteiger partial charge is 0.303 e. The van der Waals surface area contributed by atoms with E-state index >= 15 is 0 Å². The number of rotatable bonds is 3. The number of carbonyl (C=O) groups is 1. The predicted octanol–water partition coefficient (Wildman–Crippen LogP) is 6.51. The van der Waals surface area contributed by atoms with E-state index in [0.29, 0.717) is 23.2 Å². The summed E-state index contributed by atoms with van der Waals surface area (Å²) in [6.45, 7) is 13.6. The van der Waals surface area contributed by atoms with Crippen LogP contribution in [-0.2, 0) is 4.79 Å². The van der Waals surface area contributed by atoms with Gasteiger partial charge in [-0.25, -0.2) is 0 Å². The highest BCUT2D eigenvalue weighted by molar-refractivity contribution is 5.54. The van der Waals surface area contributed by atoms with Crippen LogP contribution in [0.1, 0.15) is 72.6 Å². The topological polar surface area (TPSA) is 17.1 Å². The Hall–Kier alpha value is -1.11. The van der Waals surface area contributed by atoms with Gasteiger partial charge in [0, 0.05) is 5.92 Å². The molecule has 3 rings (SSSR count). The van der Waals surface area contributed by atoms with Gasteiger partial charge in [0.05, 0.1) is 0 Å². The third-order valence-electron chi connectivity index (χ3n) is 7.72. The Morgan fingerprint density at radius 2 is 2.00 bits per heavy atom. The lowest BCUT2D eigenvalue weighted by Gasteiger charge is -2.43. The summed E-state index contributed by atoms with van der Waals surface area (Å²) >= 11 is 0. The molecule has 138 valence electrons. The Balaban J connectivity index is 1.83. The first kappa shape index (κ1) is 18.7. The van der Waals surface area contributed by atoms with E-state index in [1.165, 1.54) is 62.4 Å². The van der Waals surface area contributed by atoms with Gasteiger partial charge in [-0.15, -0.1) is 0 Å². The highest BCUT2D eigenvalue weighted by atomic mass is 16.1. The second kappa shape index (κ2) is 7.25. The van der Waals surface area contributed by atoms with Crippen molar-refractivity contribution in [2.45, 2.75) is 72.6 Å². The molecule has 25 heavy (non-hydrogen) atoms. The summed E-state index contributed by atoms with van der Waals surface area (Å²) in [5.74, 6) is 2.83. The van der Waals surface area contributed by atoms with Crippen molar-refractivity contribution in [1.29, 1.82) is 0 Å². The van der Waals surface area contributed by atoms with Crippen LogP contribution >= 0.6 is 0 Å². The van der Waals surface area contributed by atoms with E-state index in [1.54, 1.807) is 5.57 Å². The van der Waals surface area contributed by atoms with Crippen LogP contribution in [0, 0.1) is 35.0 Å². The molecule has 6 atom stereocenters. The Kier molecular flexibility index (Phi) is 5.42. The molecule has 3 saturated carbocycles. The van der Waals surface area contributed by atoms with Crippen molar-refractivity contribution in [2.75, 3.05) is 0 Å². The zero-order chi connectivity index (χ0) is 18.2. The molecule has 3 fully saturated rings. The van der Waals surface area contributed by atoms with Crippen molar-refractivity contribution >= 4 is 6.29 Å². The standard InChI is InChI=1S/C24H36O/c1-16-13-17(2)19(4)21(14-16)9-8-20-7-6-12-24(5)22(18(3)15-25)10-11-23(20)24/h8-9,15-18,22-23H,4,6-7,10-14H2,1-3,5H3/b20-8+,21-9+/t16-,17-,18+,22-,23-,24+/m0/s1. The molecule has 0 N–H and O–H groups in total. The van der Waals surface area contributed by atoms with Crippen LogP contribution in [0.4, 0.5) is 0 Å². The summed E-state index contributed by atoms with van der Waals surface area (Å²) in [6, 6.07) is 0. The third kappa shape index (κ3) is 3.44. The minimum atomic E-state index is 0.201. The average Bonchev–Trinajstić information content (AvgIpc) is 2.93. The number of aldehydes is 1. The van der Waals surface area contributed by atoms with Crippen molar-refractivity contribution in [3.05, 3.63) is 35.5 Å². The highest BCUT2D eigenvalue weighted by Gasteiger charge is 2.50. The molecule has 3 aliphatic carbocycles. The maximum Gasteiger partial charge on any atom is 0.123 e. The SMILES string of the molecule is C=C1/C(=C/C=C2\CCC[C@@]3(C)[C@H]2CC[C@H]3[C@H](C)C=O)C[C@@H](C)C[C@@H]1C. The molecule has 0 amide bonds. The monoisotopic (exact) mass is 340 g/mol. The van der Waals surface area contributed by atoms with Gasteiger partial charge in [-0.1, -0.05) is 52.0 Å². The molecular weight excluding hydrogens is 304 g/mol. The maximum absolute atomic E-state index is 11.4. The fourth-order valence-corrected chi connectivity index (χ4v) is 6.27. The molecule has 0 aromatic heterocycles. The zero-order valence-corrected chi connectivity index (χ0v) is 16.7. The molecule has 0 spiro atoms. The summed E-state index contributed by atoms with van der Waals surface area (Å²) in [4.78, 5) is 11.4. The molecule has 0 heterocycles. The van der Waals surface area contributed by atoms with Gasteiger partial charge in [-0.3, -0.25) is 0 Å². The van der Waals surface area contributed by atoms with Gasteiger partial charge >= 0.3 is 0 Å². The predicted molar refractivity (Wildman–Crippen MR) is 106 cm³/mol. The molecule has 0 aromatic carbocycles. The molecule has 1 heteroatoms. The normalized spacial score (nSPS) is 43.3. The van der Waals surface area contributed by atoms with Crippen LogP contribution < -0.4 is 0 Å². The maximum atomic E-state index is 11.4. The lowest BCUT2D eigenvalue weighted by Crippen LogP contribution is -2.36. The van der Waals surface area contributed by atoms with Gasteiger partial charge in [0.1, 0.15) is 6.29 Å². The number of hydrogen-bond donors (Lipinski definition) is 0.